The monoisotopic (exact) mass is 779 g/mol. The number of carbonyl (C=O) groups excluding carboxylic acids is 4. The van der Waals surface area contributed by atoms with Crippen LogP contribution in [0.1, 0.15) is 30.1 Å². The lowest BCUT2D eigenvalue weighted by atomic mass is 10.0. The van der Waals surface area contributed by atoms with E-state index in [2.05, 4.69) is 20.3 Å². The lowest BCUT2D eigenvalue weighted by Crippen LogP contribution is -2.44. The van der Waals surface area contributed by atoms with Crippen LogP contribution < -0.4 is 30.1 Å². The van der Waals surface area contributed by atoms with Gasteiger partial charge in [-0.25, -0.2) is 18.2 Å². The number of benzene rings is 4. The van der Waals surface area contributed by atoms with E-state index in [9.17, 15) is 33.1 Å². The van der Waals surface area contributed by atoms with Gasteiger partial charge in [0.15, 0.2) is 5.82 Å². The van der Waals surface area contributed by atoms with Crippen LogP contribution in [0.25, 0.3) is 32.9 Å². The van der Waals surface area contributed by atoms with Crippen LogP contribution in [0.3, 0.4) is 0 Å². The number of nitrogens with one attached hydrogen (secondary N) is 3. The lowest BCUT2D eigenvalue weighted by molar-refractivity contribution is -0.135. The van der Waals surface area contributed by atoms with Crippen LogP contribution in [0.15, 0.2) is 95.9 Å². The first-order valence-corrected chi connectivity index (χ1v) is 19.0. The van der Waals surface area contributed by atoms with Crippen molar-refractivity contribution in [2.24, 2.45) is 7.05 Å². The molecule has 1 atom stereocenters. The van der Waals surface area contributed by atoms with Crippen LogP contribution in [-0.2, 0) is 39.3 Å². The molecule has 15 nitrogen and oxygen atoms in total. The highest BCUT2D eigenvalue weighted by Gasteiger charge is 2.39. The zero-order valence-corrected chi connectivity index (χ0v) is 30.5. The molecule has 17 heteroatoms. The van der Waals surface area contributed by atoms with Gasteiger partial charge in [-0.05, 0) is 76.4 Å². The molecular weight excluding hydrogens is 746 g/mol. The Morgan fingerprint density at radius 2 is 1.75 bits per heavy atom. The Bertz CT molecular complexity index is 2650. The van der Waals surface area contributed by atoms with E-state index in [1.54, 1.807) is 37.5 Å². The molecule has 0 saturated carbocycles. The number of hydrogen-bond donors (Lipinski definition) is 5. The van der Waals surface area contributed by atoms with E-state index in [0.29, 0.717) is 27.8 Å². The Balaban J connectivity index is 1.00. The molecule has 0 bridgehead atoms. The van der Waals surface area contributed by atoms with Crippen molar-refractivity contribution < 1.29 is 37.4 Å². The molecule has 5 N–H and O–H groups in total. The Morgan fingerprint density at radius 3 is 2.46 bits per heavy atom. The summed E-state index contributed by atoms with van der Waals surface area (Å²) in [4.78, 5) is 67.1. The van der Waals surface area contributed by atoms with Crippen LogP contribution >= 0.6 is 11.0 Å². The number of nitrogens with zero attached hydrogens (tertiary/aromatic N) is 4. The largest absolute Gasteiger partial charge is 0.487 e. The number of fused-ring (bicyclic) bond motifs is 2. The van der Waals surface area contributed by atoms with Crippen LogP contribution in [0.5, 0.6) is 5.75 Å². The first-order valence-electron chi connectivity index (χ1n) is 17.5. The molecular formula is C39H34FN7O8S. The average molecular weight is 780 g/mol. The number of amides is 4. The number of piperidine rings is 1. The molecule has 6 aromatic rings. The molecule has 0 aliphatic carbocycles. The molecule has 0 spiro atoms. The summed E-state index contributed by atoms with van der Waals surface area (Å²) in [5.74, 6) is -2.81. The molecule has 8 rings (SSSR count). The van der Waals surface area contributed by atoms with Gasteiger partial charge in [-0.1, -0.05) is 42.5 Å². The van der Waals surface area contributed by atoms with Crippen LogP contribution in [0.2, 0.25) is 0 Å². The van der Waals surface area contributed by atoms with Crippen molar-refractivity contribution in [3.63, 3.8) is 0 Å². The summed E-state index contributed by atoms with van der Waals surface area (Å²) in [6.45, 7) is -0.464. The lowest BCUT2D eigenvalue weighted by Gasteiger charge is -2.37. The van der Waals surface area contributed by atoms with E-state index < -0.39 is 41.2 Å². The summed E-state index contributed by atoms with van der Waals surface area (Å²) in [6, 6.07) is 23.2. The van der Waals surface area contributed by atoms with Crippen molar-refractivity contribution in [2.45, 2.75) is 31.9 Å². The number of ether oxygens (including phenoxy) is 1. The van der Waals surface area contributed by atoms with E-state index in [0.717, 1.165) is 21.0 Å². The fourth-order valence-corrected chi connectivity index (χ4v) is 8.19. The maximum absolute atomic E-state index is 16.2. The normalized spacial score (nSPS) is 17.2. The molecule has 0 radical (unpaired) electrons. The number of imidazole rings is 1. The second kappa shape index (κ2) is 14.3. The number of anilines is 2. The van der Waals surface area contributed by atoms with Crippen molar-refractivity contribution in [3.05, 3.63) is 119 Å². The Kier molecular flexibility index (Phi) is 9.27. The second-order valence-electron chi connectivity index (χ2n) is 13.5. The minimum atomic E-state index is -3.86. The van der Waals surface area contributed by atoms with Crippen LogP contribution in [0, 0.1) is 5.82 Å². The van der Waals surface area contributed by atoms with Crippen LogP contribution in [0.4, 0.5) is 15.8 Å². The van der Waals surface area contributed by atoms with Gasteiger partial charge >= 0.3 is 5.69 Å². The van der Waals surface area contributed by atoms with Crippen molar-refractivity contribution in [1.82, 2.24) is 24.2 Å². The molecule has 2 aliphatic rings. The second-order valence-corrected chi connectivity index (χ2v) is 15.2. The van der Waals surface area contributed by atoms with E-state index in [1.165, 1.54) is 27.3 Å². The zero-order chi connectivity index (χ0) is 39.3. The van der Waals surface area contributed by atoms with Gasteiger partial charge in [0.25, 0.3) is 5.91 Å². The predicted molar refractivity (Wildman–Crippen MR) is 207 cm³/mol. The molecule has 2 fully saturated rings. The number of aromatic nitrogens is 3. The first kappa shape index (κ1) is 36.4. The van der Waals surface area contributed by atoms with E-state index in [4.69, 9.17) is 4.74 Å². The highest BCUT2D eigenvalue weighted by atomic mass is 32.3. The minimum absolute atomic E-state index is 0.0295. The summed E-state index contributed by atoms with van der Waals surface area (Å²) in [6.07, 6.45) is 1.91. The molecule has 4 heterocycles. The molecule has 1 unspecified atom stereocenters. The molecule has 56 heavy (non-hydrogen) atoms. The van der Waals surface area contributed by atoms with Gasteiger partial charge in [-0.15, -0.1) is 0 Å². The van der Waals surface area contributed by atoms with Gasteiger partial charge in [-0.2, -0.15) is 0 Å². The van der Waals surface area contributed by atoms with Gasteiger partial charge in [0.2, 0.25) is 17.7 Å². The summed E-state index contributed by atoms with van der Waals surface area (Å²) in [7, 11) is -2.24. The Morgan fingerprint density at radius 1 is 0.964 bits per heavy atom. The number of halogens is 1. The maximum Gasteiger partial charge on any atom is 0.329 e. The number of rotatable bonds is 9. The third-order valence-corrected chi connectivity index (χ3v) is 11.2. The number of imide groups is 1. The maximum atomic E-state index is 16.2. The molecule has 2 aromatic heterocycles. The highest BCUT2D eigenvalue weighted by Crippen LogP contribution is 2.51. The standard InChI is InChI=1S/C39H34FN7O8S/c1-45-31-16-23(8-12-29(31)47(39(45)52)30-13-14-33(48)43-38(30)51)24-7-9-26(41-19-24)18-34(49)42-27-10-11-28-25(15-27)17-32(55-21-22-5-3-2-4-6-22)37(36(28)40)46-20-35(50)44-56(46,53)54/h2-12,15-17,19,30,53-54H,13-14,18,20-21H2,1H3,(H,42,49)(H,44,50)(H,43,48,51). The van der Waals surface area contributed by atoms with Crippen molar-refractivity contribution in [1.29, 1.82) is 0 Å². The molecule has 4 aromatic carbocycles. The number of carbonyl (C=O) groups is 4. The average Bonchev–Trinajstić information content (AvgIpc) is 3.59. The zero-order valence-electron chi connectivity index (χ0n) is 29.7. The SMILES string of the molecule is Cn1c(=O)n(C2CCC(=O)NC2=O)c2ccc(-c3ccc(CC(=O)Nc4ccc5c(F)c(N6CC(=O)NS6(O)O)c(OCc6ccccc6)cc5c4)nc3)cc21. The van der Waals surface area contributed by atoms with E-state index >= 15 is 4.39 Å². The van der Waals surface area contributed by atoms with Gasteiger partial charge in [0, 0.05) is 42.0 Å². The predicted octanol–water partition coefficient (Wildman–Crippen LogP) is 4.95. The summed E-state index contributed by atoms with van der Waals surface area (Å²) in [5, 5.41) is 5.57. The topological polar surface area (TPSA) is 197 Å². The van der Waals surface area contributed by atoms with Gasteiger partial charge in [-0.3, -0.25) is 47.7 Å². The molecule has 2 saturated heterocycles. The fourth-order valence-electron chi connectivity index (χ4n) is 6.99. The Hall–Kier alpha value is -6.56. The highest BCUT2D eigenvalue weighted by molar-refractivity contribution is 8.24. The van der Waals surface area contributed by atoms with Crippen molar-refractivity contribution in [3.8, 4) is 16.9 Å². The van der Waals surface area contributed by atoms with Crippen molar-refractivity contribution >= 4 is 67.8 Å². The number of pyridine rings is 1. The molecule has 286 valence electrons. The minimum Gasteiger partial charge on any atom is -0.487 e. The third-order valence-electron chi connectivity index (χ3n) is 9.74. The summed E-state index contributed by atoms with van der Waals surface area (Å²) >= 11 is 0. The molecule has 4 amide bonds. The van der Waals surface area contributed by atoms with Gasteiger partial charge in [0.05, 0.1) is 17.5 Å². The molecule has 2 aliphatic heterocycles. The van der Waals surface area contributed by atoms with Gasteiger partial charge in [0.1, 0.15) is 30.6 Å². The Labute approximate surface area is 319 Å². The number of hydrogen-bond acceptors (Lipinski definition) is 10. The third kappa shape index (κ3) is 6.82. The van der Waals surface area contributed by atoms with E-state index in [1.807, 2.05) is 42.5 Å². The van der Waals surface area contributed by atoms with E-state index in [-0.39, 0.29) is 60.2 Å². The van der Waals surface area contributed by atoms with Crippen LogP contribution in [-0.4, -0.2) is 53.4 Å². The number of aryl methyl sites for hydroxylation is 1. The quantitative estimate of drug-likeness (QED) is 0.125. The fraction of sp³-hybridized carbons (Fsp3) is 0.179. The van der Waals surface area contributed by atoms with Crippen molar-refractivity contribution in [2.75, 3.05) is 16.2 Å². The van der Waals surface area contributed by atoms with Gasteiger partial charge < -0.3 is 10.1 Å². The summed E-state index contributed by atoms with van der Waals surface area (Å²) < 4.78 is 49.2. The summed E-state index contributed by atoms with van der Waals surface area (Å²) in [5.41, 5.74) is 3.61. The first-order chi connectivity index (χ1) is 26.9. The smallest absolute Gasteiger partial charge is 0.329 e.